The summed E-state index contributed by atoms with van der Waals surface area (Å²) in [7, 11) is 0. The Hall–Kier alpha value is -1.54. The highest BCUT2D eigenvalue weighted by molar-refractivity contribution is 5.66. The molecule has 0 amide bonds. The van der Waals surface area contributed by atoms with Crippen molar-refractivity contribution in [3.63, 3.8) is 0 Å². The Bertz CT molecular complexity index is 195. The predicted octanol–water partition coefficient (Wildman–Crippen LogP) is 1.33. The molecule has 0 unspecified atom stereocenters. The van der Waals surface area contributed by atoms with Gasteiger partial charge in [-0.3, -0.25) is 9.59 Å². The third-order valence-corrected chi connectivity index (χ3v) is 0.460. The summed E-state index contributed by atoms with van der Waals surface area (Å²) in [6.07, 6.45) is 2.88. The number of hydrogen-bond donors (Lipinski definition) is 1. The van der Waals surface area contributed by atoms with Gasteiger partial charge in [-0.25, -0.2) is 0 Å². The van der Waals surface area contributed by atoms with Crippen LogP contribution in [0.2, 0.25) is 0 Å². The predicted molar refractivity (Wildman–Crippen MR) is 43.4 cm³/mol. The van der Waals surface area contributed by atoms with Crippen molar-refractivity contribution in [3.8, 4) is 0 Å². The van der Waals surface area contributed by atoms with Gasteiger partial charge in [-0.05, 0) is 13.0 Å². The van der Waals surface area contributed by atoms with Crippen LogP contribution in [-0.4, -0.2) is 17.0 Å². The number of allylic oxidation sites excluding steroid dienone is 1. The Kier molecular flexibility index (Phi) is 10.3. The molecular formula is C8H12O4. The van der Waals surface area contributed by atoms with E-state index in [1.807, 2.05) is 0 Å². The van der Waals surface area contributed by atoms with Crippen molar-refractivity contribution < 1.29 is 19.4 Å². The molecule has 0 bridgehead atoms. The van der Waals surface area contributed by atoms with Crippen molar-refractivity contribution in [2.24, 2.45) is 0 Å². The topological polar surface area (TPSA) is 63.6 Å². The number of rotatable bonds is 1. The number of ether oxygens (including phenoxy) is 1. The molecule has 0 aliphatic rings. The Morgan fingerprint density at radius 3 is 2.08 bits per heavy atom. The summed E-state index contributed by atoms with van der Waals surface area (Å²) < 4.78 is 4.38. The minimum Gasteiger partial charge on any atom is -0.481 e. The van der Waals surface area contributed by atoms with Crippen molar-refractivity contribution in [1.29, 1.82) is 0 Å². The van der Waals surface area contributed by atoms with E-state index >= 15 is 0 Å². The van der Waals surface area contributed by atoms with Crippen LogP contribution in [0.15, 0.2) is 18.1 Å². The van der Waals surface area contributed by atoms with Crippen LogP contribution < -0.4 is 0 Å². The van der Waals surface area contributed by atoms with Gasteiger partial charge in [0.1, 0.15) is 6.26 Å². The Morgan fingerprint density at radius 1 is 1.42 bits per heavy atom. The van der Waals surface area contributed by atoms with E-state index in [1.54, 1.807) is 13.0 Å². The molecule has 0 aromatic carbocycles. The van der Waals surface area contributed by atoms with Gasteiger partial charge in [-0.15, -0.1) is 0 Å². The third kappa shape index (κ3) is 39.3. The minimum atomic E-state index is -0.833. The average molecular weight is 172 g/mol. The molecule has 0 aliphatic heterocycles. The van der Waals surface area contributed by atoms with E-state index in [0.717, 1.165) is 6.92 Å². The van der Waals surface area contributed by atoms with Crippen LogP contribution in [0.3, 0.4) is 0 Å². The van der Waals surface area contributed by atoms with E-state index in [2.05, 4.69) is 10.5 Å². The second-order valence-electron chi connectivity index (χ2n) is 1.70. The summed E-state index contributed by atoms with van der Waals surface area (Å²) in [6, 6.07) is 0. The number of carbonyl (C=O) groups excluding carboxylic acids is 1. The average Bonchev–Trinajstić information content (AvgIpc) is 1.86. The van der Waals surface area contributed by atoms with E-state index in [1.165, 1.54) is 13.2 Å². The van der Waals surface area contributed by atoms with E-state index in [9.17, 15) is 4.79 Å². The molecule has 0 atom stereocenters. The zero-order valence-corrected chi connectivity index (χ0v) is 7.33. The maximum absolute atomic E-state index is 10.0. The molecule has 0 aromatic heterocycles. The molecule has 0 spiro atoms. The molecular weight excluding hydrogens is 160 g/mol. The fraction of sp³-hybridized carbons (Fsp3) is 0.375. The monoisotopic (exact) mass is 172 g/mol. The van der Waals surface area contributed by atoms with Crippen LogP contribution >= 0.6 is 0 Å². The largest absolute Gasteiger partial charge is 0.481 e. The van der Waals surface area contributed by atoms with E-state index in [-0.39, 0.29) is 5.97 Å². The van der Waals surface area contributed by atoms with Gasteiger partial charge in [0.25, 0.3) is 5.97 Å². The SMILES string of the molecule is CC(=O)O.CC=C=COC(C)=O. The molecule has 4 heteroatoms. The van der Waals surface area contributed by atoms with Gasteiger partial charge < -0.3 is 9.84 Å². The van der Waals surface area contributed by atoms with Crippen LogP contribution in [0.5, 0.6) is 0 Å². The lowest BCUT2D eigenvalue weighted by Crippen LogP contribution is -1.87. The van der Waals surface area contributed by atoms with Crippen LogP contribution in [0.4, 0.5) is 0 Å². The van der Waals surface area contributed by atoms with Crippen molar-refractivity contribution in [2.45, 2.75) is 20.8 Å². The maximum atomic E-state index is 10.0. The smallest absolute Gasteiger partial charge is 0.308 e. The Labute approximate surface area is 71.2 Å². The number of carboxylic acid groups (broad SMARTS) is 1. The summed E-state index contributed by atoms with van der Waals surface area (Å²) in [5.41, 5.74) is 2.59. The van der Waals surface area contributed by atoms with E-state index in [4.69, 9.17) is 9.90 Å². The highest BCUT2D eigenvalue weighted by atomic mass is 16.5. The van der Waals surface area contributed by atoms with Gasteiger partial charge in [0.2, 0.25) is 0 Å². The standard InChI is InChI=1S/C6H8O2.C2H4O2/c1-3-4-5-8-6(2)7;1-2(3)4/h3,5H,1-2H3;1H3,(H,3,4). The second-order valence-corrected chi connectivity index (χ2v) is 1.70. The van der Waals surface area contributed by atoms with E-state index < -0.39 is 5.97 Å². The van der Waals surface area contributed by atoms with Gasteiger partial charge in [-0.2, -0.15) is 0 Å². The van der Waals surface area contributed by atoms with Crippen LogP contribution in [0.1, 0.15) is 20.8 Å². The zero-order chi connectivity index (χ0) is 9.98. The number of esters is 1. The maximum Gasteiger partial charge on any atom is 0.308 e. The molecule has 1 N–H and O–H groups in total. The number of hydrogen-bond acceptors (Lipinski definition) is 3. The summed E-state index contributed by atoms with van der Waals surface area (Å²) in [5.74, 6) is -1.15. The van der Waals surface area contributed by atoms with Crippen LogP contribution in [0, 0.1) is 0 Å². The lowest BCUT2D eigenvalue weighted by molar-refractivity contribution is -0.136. The van der Waals surface area contributed by atoms with Gasteiger partial charge >= 0.3 is 5.97 Å². The van der Waals surface area contributed by atoms with Gasteiger partial charge in [-0.1, -0.05) is 5.73 Å². The molecule has 0 radical (unpaired) electrons. The molecule has 0 saturated heterocycles. The third-order valence-electron chi connectivity index (χ3n) is 0.460. The summed E-state index contributed by atoms with van der Waals surface area (Å²) in [6.45, 7) is 4.22. The van der Waals surface area contributed by atoms with Crippen molar-refractivity contribution >= 4 is 11.9 Å². The first kappa shape index (κ1) is 13.1. The molecule has 0 rings (SSSR count). The molecule has 0 heterocycles. The Morgan fingerprint density at radius 2 is 1.83 bits per heavy atom. The van der Waals surface area contributed by atoms with Crippen molar-refractivity contribution in [1.82, 2.24) is 0 Å². The summed E-state index contributed by atoms with van der Waals surface area (Å²) in [4.78, 5) is 19.0. The molecule has 68 valence electrons. The molecule has 0 aliphatic carbocycles. The normalized spacial score (nSPS) is 6.58. The fourth-order valence-corrected chi connectivity index (χ4v) is 0.185. The highest BCUT2D eigenvalue weighted by Crippen LogP contribution is 1.74. The molecule has 0 aromatic rings. The van der Waals surface area contributed by atoms with Crippen LogP contribution in [0.25, 0.3) is 0 Å². The first-order chi connectivity index (χ1) is 5.50. The quantitative estimate of drug-likeness (QED) is 0.368. The fourth-order valence-electron chi connectivity index (χ4n) is 0.185. The van der Waals surface area contributed by atoms with Gasteiger partial charge in [0.05, 0.1) is 0 Å². The first-order valence-corrected chi connectivity index (χ1v) is 3.23. The second kappa shape index (κ2) is 9.46. The number of carboxylic acids is 1. The van der Waals surface area contributed by atoms with Crippen molar-refractivity contribution in [3.05, 3.63) is 18.1 Å². The highest BCUT2D eigenvalue weighted by Gasteiger charge is 1.80. The zero-order valence-electron chi connectivity index (χ0n) is 7.33. The van der Waals surface area contributed by atoms with E-state index in [0.29, 0.717) is 0 Å². The Balaban J connectivity index is 0. The van der Waals surface area contributed by atoms with Gasteiger partial charge in [0.15, 0.2) is 0 Å². The molecule has 0 fully saturated rings. The van der Waals surface area contributed by atoms with Gasteiger partial charge in [0, 0.05) is 13.8 Å². The first-order valence-electron chi connectivity index (χ1n) is 3.23. The number of aliphatic carboxylic acids is 1. The molecule has 4 nitrogen and oxygen atoms in total. The van der Waals surface area contributed by atoms with Crippen LogP contribution in [-0.2, 0) is 14.3 Å². The summed E-state index contributed by atoms with van der Waals surface area (Å²) >= 11 is 0. The molecule has 12 heavy (non-hydrogen) atoms. The lowest BCUT2D eigenvalue weighted by atomic mass is 10.7. The molecule has 0 saturated carbocycles. The minimum absolute atomic E-state index is 0.320. The number of carbonyl (C=O) groups is 2. The lowest BCUT2D eigenvalue weighted by Gasteiger charge is -1.83. The van der Waals surface area contributed by atoms with Crippen molar-refractivity contribution in [2.75, 3.05) is 0 Å². The summed E-state index contributed by atoms with van der Waals surface area (Å²) in [5, 5.41) is 7.42.